The van der Waals surface area contributed by atoms with Crippen molar-refractivity contribution in [3.8, 4) is 0 Å². The number of nitrogens with zero attached hydrogens (tertiary/aromatic N) is 1. The molecule has 21 heavy (non-hydrogen) atoms. The van der Waals surface area contributed by atoms with E-state index >= 15 is 0 Å². The molecule has 6 heteroatoms. The number of nitrogens with two attached hydrogens (primary N) is 1. The van der Waals surface area contributed by atoms with Gasteiger partial charge in [0.15, 0.2) is 0 Å². The van der Waals surface area contributed by atoms with E-state index in [-0.39, 0.29) is 5.69 Å². The van der Waals surface area contributed by atoms with Gasteiger partial charge in [-0.15, -0.1) is 0 Å². The molecule has 0 amide bonds. The number of nitrogens with one attached hydrogen (secondary N) is 1. The lowest BCUT2D eigenvalue weighted by molar-refractivity contribution is -0.384. The average Bonchev–Trinajstić information content (AvgIpc) is 2.48. The molecular weight excluding hydrogens is 270 g/mol. The van der Waals surface area contributed by atoms with Crippen LogP contribution in [0.15, 0.2) is 54.6 Å². The summed E-state index contributed by atoms with van der Waals surface area (Å²) >= 11 is 0. The van der Waals surface area contributed by atoms with Crippen LogP contribution in [0.4, 0.5) is 17.1 Å². The Hall–Kier alpha value is -3.15. The van der Waals surface area contributed by atoms with Crippen LogP contribution in [0.1, 0.15) is 5.56 Å². The minimum atomic E-state index is -0.471. The summed E-state index contributed by atoms with van der Waals surface area (Å²) in [4.78, 5) is 20.9. The van der Waals surface area contributed by atoms with Gasteiger partial charge in [0.05, 0.1) is 10.6 Å². The molecule has 0 spiro atoms. The van der Waals surface area contributed by atoms with Crippen LogP contribution < -0.4 is 11.1 Å². The maximum atomic E-state index is 10.8. The van der Waals surface area contributed by atoms with Gasteiger partial charge in [0.2, 0.25) is 0 Å². The Balaban J connectivity index is 2.29. The van der Waals surface area contributed by atoms with Crippen molar-refractivity contribution in [3.63, 3.8) is 0 Å². The van der Waals surface area contributed by atoms with Gasteiger partial charge in [-0.1, -0.05) is 18.2 Å². The third kappa shape index (κ3) is 3.44. The van der Waals surface area contributed by atoms with Crippen molar-refractivity contribution in [2.45, 2.75) is 0 Å². The highest BCUT2D eigenvalue weighted by atomic mass is 16.6. The molecule has 0 saturated carbocycles. The van der Waals surface area contributed by atoms with Crippen molar-refractivity contribution in [2.75, 3.05) is 11.1 Å². The van der Waals surface area contributed by atoms with Gasteiger partial charge in [-0.2, -0.15) is 0 Å². The number of anilines is 2. The first kappa shape index (κ1) is 14.3. The van der Waals surface area contributed by atoms with Gasteiger partial charge in [-0.25, -0.2) is 0 Å². The fourth-order valence-electron chi connectivity index (χ4n) is 1.83. The highest BCUT2D eigenvalue weighted by Gasteiger charge is 2.08. The van der Waals surface area contributed by atoms with Gasteiger partial charge in [-0.3, -0.25) is 14.9 Å². The molecule has 0 bridgehead atoms. The van der Waals surface area contributed by atoms with E-state index in [0.717, 1.165) is 0 Å². The minimum Gasteiger partial charge on any atom is -0.398 e. The van der Waals surface area contributed by atoms with E-state index in [9.17, 15) is 14.9 Å². The summed E-state index contributed by atoms with van der Waals surface area (Å²) in [6.45, 7) is 0. The van der Waals surface area contributed by atoms with E-state index in [1.807, 2.05) is 6.07 Å². The van der Waals surface area contributed by atoms with Gasteiger partial charge in [0, 0.05) is 35.1 Å². The van der Waals surface area contributed by atoms with Crippen LogP contribution in [0, 0.1) is 10.1 Å². The fourth-order valence-corrected chi connectivity index (χ4v) is 1.83. The van der Waals surface area contributed by atoms with Crippen molar-refractivity contribution in [1.82, 2.24) is 0 Å². The molecule has 0 heterocycles. The predicted octanol–water partition coefficient (Wildman–Crippen LogP) is 2.83. The number of nitrogen functional groups attached to an aromatic ring is 1. The maximum absolute atomic E-state index is 10.8. The molecule has 2 rings (SSSR count). The zero-order chi connectivity index (χ0) is 15.2. The van der Waals surface area contributed by atoms with Crippen molar-refractivity contribution in [2.24, 2.45) is 0 Å². The summed E-state index contributed by atoms with van der Waals surface area (Å²) in [5, 5.41) is 13.6. The number of non-ortho nitro benzene ring substituents is 1. The number of benzene rings is 2. The number of hydrogen-bond donors (Lipinski definition) is 2. The summed E-state index contributed by atoms with van der Waals surface area (Å²) < 4.78 is 0. The number of rotatable bonds is 5. The SMILES string of the molecule is Nc1ccccc1/C(=C/C=O)Nc1ccc([N+](=O)[O-])cc1. The van der Waals surface area contributed by atoms with Crippen LogP contribution in [0.2, 0.25) is 0 Å². The number of para-hydroxylation sites is 1. The Kier molecular flexibility index (Phi) is 4.30. The maximum Gasteiger partial charge on any atom is 0.269 e. The Labute approximate surface area is 121 Å². The van der Waals surface area contributed by atoms with Crippen LogP contribution in [-0.4, -0.2) is 11.2 Å². The molecule has 3 N–H and O–H groups in total. The zero-order valence-corrected chi connectivity index (χ0v) is 11.0. The quantitative estimate of drug-likeness (QED) is 0.289. The van der Waals surface area contributed by atoms with E-state index < -0.39 is 4.92 Å². The summed E-state index contributed by atoms with van der Waals surface area (Å²) in [6, 6.07) is 13.0. The van der Waals surface area contributed by atoms with Crippen LogP contribution >= 0.6 is 0 Å². The van der Waals surface area contributed by atoms with Gasteiger partial charge < -0.3 is 11.1 Å². The monoisotopic (exact) mass is 283 g/mol. The molecule has 0 aromatic heterocycles. The van der Waals surface area contributed by atoms with Crippen molar-refractivity contribution < 1.29 is 9.72 Å². The van der Waals surface area contributed by atoms with Crippen LogP contribution in [0.25, 0.3) is 5.70 Å². The second kappa shape index (κ2) is 6.33. The van der Waals surface area contributed by atoms with Gasteiger partial charge in [0.25, 0.3) is 5.69 Å². The molecule has 106 valence electrons. The van der Waals surface area contributed by atoms with Gasteiger partial charge >= 0.3 is 0 Å². The topological polar surface area (TPSA) is 98.3 Å². The Morgan fingerprint density at radius 2 is 1.81 bits per heavy atom. The van der Waals surface area contributed by atoms with Crippen LogP contribution in [0.3, 0.4) is 0 Å². The largest absolute Gasteiger partial charge is 0.398 e. The molecule has 2 aromatic rings. The van der Waals surface area contributed by atoms with E-state index in [0.29, 0.717) is 28.9 Å². The number of nitro benzene ring substituents is 1. The van der Waals surface area contributed by atoms with Crippen molar-refractivity contribution in [3.05, 3.63) is 70.3 Å². The van der Waals surface area contributed by atoms with Crippen LogP contribution in [0.5, 0.6) is 0 Å². The van der Waals surface area contributed by atoms with E-state index in [1.54, 1.807) is 30.3 Å². The Morgan fingerprint density at radius 1 is 1.14 bits per heavy atom. The lowest BCUT2D eigenvalue weighted by atomic mass is 10.1. The average molecular weight is 283 g/mol. The molecule has 0 fully saturated rings. The molecule has 0 unspecified atom stereocenters. The van der Waals surface area contributed by atoms with Gasteiger partial charge in [-0.05, 0) is 18.2 Å². The molecule has 0 radical (unpaired) electrons. The van der Waals surface area contributed by atoms with E-state index in [1.165, 1.54) is 18.2 Å². The third-order valence-corrected chi connectivity index (χ3v) is 2.84. The number of aldehydes is 1. The first-order valence-corrected chi connectivity index (χ1v) is 6.13. The molecule has 6 nitrogen and oxygen atoms in total. The summed E-state index contributed by atoms with van der Waals surface area (Å²) in [7, 11) is 0. The minimum absolute atomic E-state index is 0.000641. The normalized spacial score (nSPS) is 11.0. The lowest BCUT2D eigenvalue weighted by Crippen LogP contribution is -2.02. The number of nitro groups is 1. The number of allylic oxidation sites excluding steroid dienone is 1. The third-order valence-electron chi connectivity index (χ3n) is 2.84. The predicted molar refractivity (Wildman–Crippen MR) is 81.6 cm³/mol. The summed E-state index contributed by atoms with van der Waals surface area (Å²) in [5.41, 5.74) is 8.24. The second-order valence-electron chi connectivity index (χ2n) is 4.23. The van der Waals surface area contributed by atoms with Crippen molar-refractivity contribution >= 4 is 29.0 Å². The summed E-state index contributed by atoms with van der Waals surface area (Å²) in [6.07, 6.45) is 2.01. The van der Waals surface area contributed by atoms with E-state index in [4.69, 9.17) is 5.73 Å². The molecule has 0 aliphatic heterocycles. The highest BCUT2D eigenvalue weighted by molar-refractivity contribution is 5.90. The first-order valence-electron chi connectivity index (χ1n) is 6.13. The number of carbonyl (C=O) groups excluding carboxylic acids is 1. The lowest BCUT2D eigenvalue weighted by Gasteiger charge is -2.12. The highest BCUT2D eigenvalue weighted by Crippen LogP contribution is 2.24. The fraction of sp³-hybridized carbons (Fsp3) is 0. The van der Waals surface area contributed by atoms with E-state index in [2.05, 4.69) is 5.32 Å². The molecule has 0 aliphatic rings. The molecular formula is C15H13N3O3. The standard InChI is InChI=1S/C15H13N3O3/c16-14-4-2-1-3-13(14)15(9-10-19)17-11-5-7-12(8-6-11)18(20)21/h1-10,17H,16H2/b15-9-. The van der Waals surface area contributed by atoms with Crippen molar-refractivity contribution in [1.29, 1.82) is 0 Å². The first-order chi connectivity index (χ1) is 10.1. The summed E-state index contributed by atoms with van der Waals surface area (Å²) in [5.74, 6) is 0. The molecule has 0 atom stereocenters. The Bertz CT molecular complexity index is 694. The van der Waals surface area contributed by atoms with Gasteiger partial charge in [0.1, 0.15) is 6.29 Å². The smallest absolute Gasteiger partial charge is 0.269 e. The number of hydrogen-bond acceptors (Lipinski definition) is 5. The molecule has 0 saturated heterocycles. The second-order valence-corrected chi connectivity index (χ2v) is 4.23. The molecule has 0 aliphatic carbocycles. The van der Waals surface area contributed by atoms with Crippen LogP contribution in [-0.2, 0) is 4.79 Å². The number of carbonyl (C=O) groups is 1. The Morgan fingerprint density at radius 3 is 2.38 bits per heavy atom. The zero-order valence-electron chi connectivity index (χ0n) is 11.0. The molecule has 2 aromatic carbocycles.